The van der Waals surface area contributed by atoms with Gasteiger partial charge in [0, 0.05) is 14.5 Å². The van der Waals surface area contributed by atoms with Crippen LogP contribution in [0.3, 0.4) is 0 Å². The summed E-state index contributed by atoms with van der Waals surface area (Å²) < 4.78 is 12.4. The van der Waals surface area contributed by atoms with Crippen LogP contribution in [0.1, 0.15) is 12.5 Å². The second-order valence-corrected chi connectivity index (χ2v) is 5.21. The first-order valence-corrected chi connectivity index (χ1v) is 7.04. The van der Waals surface area contributed by atoms with E-state index in [4.69, 9.17) is 21.1 Å². The second kappa shape index (κ2) is 7.16. The lowest BCUT2D eigenvalue weighted by Gasteiger charge is -2.14. The van der Waals surface area contributed by atoms with Gasteiger partial charge in [-0.25, -0.2) is 0 Å². The highest BCUT2D eigenvalue weighted by molar-refractivity contribution is 9.13. The zero-order valence-corrected chi connectivity index (χ0v) is 13.7. The Labute approximate surface area is 127 Å². The number of benzene rings is 1. The Hall–Kier alpha value is -0.520. The van der Waals surface area contributed by atoms with Gasteiger partial charge in [-0.3, -0.25) is 4.79 Å². The molecule has 98 valence electrons. The number of methoxy groups -OCH3 is 1. The van der Waals surface area contributed by atoms with Gasteiger partial charge in [-0.2, -0.15) is 0 Å². The molecule has 6 heteroatoms. The first-order chi connectivity index (χ1) is 8.51. The van der Waals surface area contributed by atoms with Crippen LogP contribution in [0.2, 0.25) is 0 Å². The van der Waals surface area contributed by atoms with Crippen molar-refractivity contribution >= 4 is 54.8 Å². The fraction of sp³-hybridized carbons (Fsp3) is 0.250. The minimum Gasteiger partial charge on any atom is -0.492 e. The number of carbonyl (C=O) groups excluding carboxylic acids is 1. The van der Waals surface area contributed by atoms with E-state index in [0.29, 0.717) is 23.7 Å². The van der Waals surface area contributed by atoms with Crippen molar-refractivity contribution in [3.05, 3.63) is 26.7 Å². The minimum atomic E-state index is -0.554. The Morgan fingerprint density at radius 3 is 2.67 bits per heavy atom. The quantitative estimate of drug-likeness (QED) is 0.545. The molecule has 0 saturated carbocycles. The molecule has 0 radical (unpaired) electrons. The molecule has 0 heterocycles. The fourth-order valence-electron chi connectivity index (χ4n) is 1.38. The van der Waals surface area contributed by atoms with Gasteiger partial charge in [-0.05, 0) is 68.6 Å². The topological polar surface area (TPSA) is 35.5 Å². The van der Waals surface area contributed by atoms with Gasteiger partial charge < -0.3 is 9.47 Å². The lowest BCUT2D eigenvalue weighted by Crippen LogP contribution is -1.98. The zero-order chi connectivity index (χ0) is 13.7. The van der Waals surface area contributed by atoms with Crippen molar-refractivity contribution in [3.8, 4) is 11.5 Å². The minimum absolute atomic E-state index is 0.516. The molecular formula is C12H11Br2ClO3. The number of ether oxygens (including phenoxy) is 2. The van der Waals surface area contributed by atoms with E-state index in [9.17, 15) is 4.79 Å². The van der Waals surface area contributed by atoms with Gasteiger partial charge >= 0.3 is 0 Å². The summed E-state index contributed by atoms with van der Waals surface area (Å²) >= 11 is 12.1. The van der Waals surface area contributed by atoms with Gasteiger partial charge in [0.05, 0.1) is 13.7 Å². The van der Waals surface area contributed by atoms with Crippen molar-refractivity contribution in [2.45, 2.75) is 6.92 Å². The van der Waals surface area contributed by atoms with Crippen molar-refractivity contribution in [3.63, 3.8) is 0 Å². The van der Waals surface area contributed by atoms with Crippen molar-refractivity contribution in [2.75, 3.05) is 13.7 Å². The van der Waals surface area contributed by atoms with Crippen molar-refractivity contribution in [1.82, 2.24) is 0 Å². The number of hydrogen-bond donors (Lipinski definition) is 0. The molecule has 1 rings (SSSR count). The van der Waals surface area contributed by atoms with E-state index in [1.165, 1.54) is 13.2 Å². The summed E-state index contributed by atoms with van der Waals surface area (Å²) in [4.78, 5) is 10.8. The fourth-order valence-corrected chi connectivity index (χ4v) is 2.29. The third-order valence-corrected chi connectivity index (χ3v) is 4.20. The molecule has 0 fully saturated rings. The van der Waals surface area contributed by atoms with E-state index in [0.717, 1.165) is 8.95 Å². The summed E-state index contributed by atoms with van der Waals surface area (Å²) in [5.41, 5.74) is 0.685. The number of rotatable bonds is 5. The van der Waals surface area contributed by atoms with E-state index < -0.39 is 5.24 Å². The van der Waals surface area contributed by atoms with E-state index >= 15 is 0 Å². The Morgan fingerprint density at radius 1 is 1.50 bits per heavy atom. The molecule has 0 N–H and O–H groups in total. The standard InChI is InChI=1S/C12H11Br2ClO3/c1-3-18-9-6-8(13)11(14)7(12(9)17-2)4-5-10(15)16/h4-6H,3H2,1-2H3/b5-4+. The molecule has 0 atom stereocenters. The summed E-state index contributed by atoms with van der Waals surface area (Å²) in [6.07, 6.45) is 2.83. The number of halogens is 3. The van der Waals surface area contributed by atoms with Crippen LogP contribution in [0.5, 0.6) is 11.5 Å². The third kappa shape index (κ3) is 3.73. The van der Waals surface area contributed by atoms with E-state index in [1.807, 2.05) is 6.92 Å². The predicted octanol–water partition coefficient (Wildman–Crippen LogP) is 4.40. The van der Waals surface area contributed by atoms with Crippen molar-refractivity contribution < 1.29 is 14.3 Å². The zero-order valence-electron chi connectivity index (χ0n) is 9.80. The summed E-state index contributed by atoms with van der Waals surface area (Å²) in [5.74, 6) is 1.14. The van der Waals surface area contributed by atoms with E-state index in [1.54, 1.807) is 12.1 Å². The van der Waals surface area contributed by atoms with Crippen LogP contribution in [0.25, 0.3) is 6.08 Å². The van der Waals surface area contributed by atoms with Gasteiger partial charge in [0.2, 0.25) is 5.24 Å². The highest BCUT2D eigenvalue weighted by atomic mass is 79.9. The molecule has 0 amide bonds. The maximum atomic E-state index is 10.8. The van der Waals surface area contributed by atoms with Crippen LogP contribution < -0.4 is 9.47 Å². The highest BCUT2D eigenvalue weighted by Gasteiger charge is 2.15. The molecule has 1 aromatic carbocycles. The maximum Gasteiger partial charge on any atom is 0.245 e. The number of hydrogen-bond acceptors (Lipinski definition) is 3. The van der Waals surface area contributed by atoms with Gasteiger partial charge in [0.25, 0.3) is 0 Å². The Morgan fingerprint density at radius 2 is 2.17 bits per heavy atom. The molecule has 0 spiro atoms. The molecule has 0 aliphatic rings. The van der Waals surface area contributed by atoms with Crippen LogP contribution >= 0.6 is 43.5 Å². The monoisotopic (exact) mass is 396 g/mol. The van der Waals surface area contributed by atoms with Gasteiger partial charge in [-0.15, -0.1) is 0 Å². The molecule has 0 unspecified atom stereocenters. The molecular weight excluding hydrogens is 387 g/mol. The molecule has 0 aliphatic carbocycles. The van der Waals surface area contributed by atoms with Crippen LogP contribution in [0.15, 0.2) is 21.1 Å². The highest BCUT2D eigenvalue weighted by Crippen LogP contribution is 2.42. The average Bonchev–Trinajstić information content (AvgIpc) is 2.31. The maximum absolute atomic E-state index is 10.8. The summed E-state index contributed by atoms with van der Waals surface area (Å²) in [6, 6.07) is 1.80. The normalized spacial score (nSPS) is 10.7. The summed E-state index contributed by atoms with van der Waals surface area (Å²) in [7, 11) is 1.54. The Balaban J connectivity index is 3.39. The Kier molecular flexibility index (Phi) is 6.18. The second-order valence-electron chi connectivity index (χ2n) is 3.19. The summed E-state index contributed by atoms with van der Waals surface area (Å²) in [6.45, 7) is 2.40. The lowest BCUT2D eigenvalue weighted by molar-refractivity contribution is -0.107. The van der Waals surface area contributed by atoms with E-state index in [2.05, 4.69) is 31.9 Å². The SMILES string of the molecule is CCOc1cc(Br)c(Br)c(/C=C/C(=O)Cl)c1OC. The van der Waals surface area contributed by atoms with Crippen LogP contribution in [0.4, 0.5) is 0 Å². The third-order valence-electron chi connectivity index (χ3n) is 2.06. The molecule has 0 saturated heterocycles. The van der Waals surface area contributed by atoms with Gasteiger partial charge in [-0.1, -0.05) is 0 Å². The molecule has 18 heavy (non-hydrogen) atoms. The van der Waals surface area contributed by atoms with Crippen LogP contribution in [-0.4, -0.2) is 19.0 Å². The summed E-state index contributed by atoms with van der Waals surface area (Å²) in [5, 5.41) is -0.554. The molecule has 3 nitrogen and oxygen atoms in total. The first-order valence-electron chi connectivity index (χ1n) is 5.07. The Bertz CT molecular complexity index is 487. The molecule has 0 aliphatic heterocycles. The van der Waals surface area contributed by atoms with E-state index in [-0.39, 0.29) is 0 Å². The predicted molar refractivity (Wildman–Crippen MR) is 79.5 cm³/mol. The molecule has 0 aromatic heterocycles. The van der Waals surface area contributed by atoms with Crippen molar-refractivity contribution in [2.24, 2.45) is 0 Å². The van der Waals surface area contributed by atoms with Crippen molar-refractivity contribution in [1.29, 1.82) is 0 Å². The van der Waals surface area contributed by atoms with Crippen LogP contribution in [0, 0.1) is 0 Å². The smallest absolute Gasteiger partial charge is 0.245 e. The van der Waals surface area contributed by atoms with Gasteiger partial charge in [0.15, 0.2) is 11.5 Å². The average molecular weight is 398 g/mol. The largest absolute Gasteiger partial charge is 0.492 e. The number of carbonyl (C=O) groups is 1. The lowest BCUT2D eigenvalue weighted by atomic mass is 10.1. The number of allylic oxidation sites excluding steroid dienone is 1. The van der Waals surface area contributed by atoms with Crippen LogP contribution in [-0.2, 0) is 4.79 Å². The molecule has 1 aromatic rings. The first kappa shape index (κ1) is 15.5. The molecule has 0 bridgehead atoms. The van der Waals surface area contributed by atoms with Gasteiger partial charge in [0.1, 0.15) is 0 Å².